The maximum atomic E-state index is 13.6. The molecule has 0 fully saturated rings. The molecule has 0 aliphatic carbocycles. The molecule has 1 unspecified atom stereocenters. The van der Waals surface area contributed by atoms with Gasteiger partial charge in [-0.1, -0.05) is 30.3 Å². The molecule has 2 rings (SSSR count). The van der Waals surface area contributed by atoms with E-state index in [1.54, 1.807) is 24.3 Å². The number of rotatable bonds is 3. The number of pyridine rings is 1. The average molecular weight is 233 g/mol. The van der Waals surface area contributed by atoms with Gasteiger partial charge in [-0.05, 0) is 11.6 Å². The van der Waals surface area contributed by atoms with Crippen LogP contribution >= 0.6 is 0 Å². The van der Waals surface area contributed by atoms with Gasteiger partial charge in [-0.2, -0.15) is 4.39 Å². The monoisotopic (exact) mass is 233 g/mol. The average Bonchev–Trinajstić information content (AvgIpc) is 2.38. The highest BCUT2D eigenvalue weighted by molar-refractivity contribution is 5.38. The molecule has 1 aromatic carbocycles. The van der Waals surface area contributed by atoms with Crippen LogP contribution in [0.1, 0.15) is 17.2 Å². The minimum absolute atomic E-state index is 0.0567. The van der Waals surface area contributed by atoms with Crippen molar-refractivity contribution in [1.82, 2.24) is 4.98 Å². The molecule has 0 amide bonds. The van der Waals surface area contributed by atoms with Crippen molar-refractivity contribution in [1.29, 1.82) is 0 Å². The highest BCUT2D eigenvalue weighted by Gasteiger charge is 2.20. The van der Waals surface area contributed by atoms with Gasteiger partial charge in [-0.15, -0.1) is 0 Å². The summed E-state index contributed by atoms with van der Waals surface area (Å²) in [5, 5.41) is 10.1. The second-order valence-corrected chi connectivity index (χ2v) is 3.53. The van der Waals surface area contributed by atoms with E-state index >= 15 is 0 Å². The number of aromatic nitrogens is 1. The smallest absolute Gasteiger partial charge is 0.222 e. The quantitative estimate of drug-likeness (QED) is 0.827. The van der Waals surface area contributed by atoms with E-state index in [1.165, 1.54) is 19.4 Å². The van der Waals surface area contributed by atoms with E-state index in [-0.39, 0.29) is 11.3 Å². The highest BCUT2D eigenvalue weighted by Crippen LogP contribution is 2.30. The topological polar surface area (TPSA) is 42.4 Å². The van der Waals surface area contributed by atoms with E-state index in [9.17, 15) is 9.50 Å². The first-order chi connectivity index (χ1) is 8.24. The first-order valence-corrected chi connectivity index (χ1v) is 5.15. The Morgan fingerprint density at radius 1 is 1.24 bits per heavy atom. The van der Waals surface area contributed by atoms with Gasteiger partial charge in [0.1, 0.15) is 11.9 Å². The summed E-state index contributed by atoms with van der Waals surface area (Å²) in [5.74, 6) is -0.436. The molecule has 1 aromatic heterocycles. The van der Waals surface area contributed by atoms with Crippen molar-refractivity contribution in [2.24, 2.45) is 0 Å². The van der Waals surface area contributed by atoms with Crippen LogP contribution in [-0.4, -0.2) is 17.2 Å². The summed E-state index contributed by atoms with van der Waals surface area (Å²) < 4.78 is 18.7. The van der Waals surface area contributed by atoms with Crippen LogP contribution < -0.4 is 4.74 Å². The molecule has 0 saturated carbocycles. The predicted molar refractivity (Wildman–Crippen MR) is 61.3 cm³/mol. The van der Waals surface area contributed by atoms with Gasteiger partial charge in [0.2, 0.25) is 5.95 Å². The second kappa shape index (κ2) is 4.93. The first kappa shape index (κ1) is 11.5. The molecule has 3 nitrogen and oxygen atoms in total. The van der Waals surface area contributed by atoms with E-state index in [4.69, 9.17) is 4.74 Å². The first-order valence-electron chi connectivity index (χ1n) is 5.15. The third-order valence-electron chi connectivity index (χ3n) is 2.51. The molecular formula is C13H12FNO2. The molecule has 0 aliphatic heterocycles. The molecule has 0 spiro atoms. The van der Waals surface area contributed by atoms with Crippen molar-refractivity contribution in [3.63, 3.8) is 0 Å². The Morgan fingerprint density at radius 3 is 2.59 bits per heavy atom. The molecule has 1 N–H and O–H groups in total. The summed E-state index contributed by atoms with van der Waals surface area (Å²) in [6, 6.07) is 10.3. The van der Waals surface area contributed by atoms with Crippen molar-refractivity contribution in [2.45, 2.75) is 6.10 Å². The van der Waals surface area contributed by atoms with Crippen LogP contribution in [0.4, 0.5) is 4.39 Å². The SMILES string of the molecule is COc1ccnc(F)c1C(O)c1ccccc1. The summed E-state index contributed by atoms with van der Waals surface area (Å²) in [6.45, 7) is 0. The number of benzene rings is 1. The van der Waals surface area contributed by atoms with Gasteiger partial charge in [-0.3, -0.25) is 0 Å². The van der Waals surface area contributed by atoms with Crippen LogP contribution in [0.5, 0.6) is 5.75 Å². The lowest BCUT2D eigenvalue weighted by molar-refractivity contribution is 0.207. The van der Waals surface area contributed by atoms with Crippen molar-refractivity contribution < 1.29 is 14.2 Å². The van der Waals surface area contributed by atoms with Gasteiger partial charge < -0.3 is 9.84 Å². The molecule has 4 heteroatoms. The standard InChI is InChI=1S/C13H12FNO2/c1-17-10-7-8-15-13(14)11(10)12(16)9-5-3-2-4-6-9/h2-8,12,16H,1H3. The number of nitrogens with zero attached hydrogens (tertiary/aromatic N) is 1. The number of methoxy groups -OCH3 is 1. The molecule has 0 bridgehead atoms. The third-order valence-corrected chi connectivity index (χ3v) is 2.51. The van der Waals surface area contributed by atoms with Gasteiger partial charge in [-0.25, -0.2) is 4.98 Å². The summed E-state index contributed by atoms with van der Waals surface area (Å²) in [5.41, 5.74) is 0.652. The molecule has 1 atom stereocenters. The largest absolute Gasteiger partial charge is 0.496 e. The zero-order valence-corrected chi connectivity index (χ0v) is 9.30. The van der Waals surface area contributed by atoms with Gasteiger partial charge >= 0.3 is 0 Å². The maximum Gasteiger partial charge on any atom is 0.222 e. The van der Waals surface area contributed by atoms with Gasteiger partial charge in [0.15, 0.2) is 0 Å². The fourth-order valence-electron chi connectivity index (χ4n) is 1.66. The van der Waals surface area contributed by atoms with Crippen LogP contribution in [0.25, 0.3) is 0 Å². The number of aliphatic hydroxyl groups excluding tert-OH is 1. The number of ether oxygens (including phenoxy) is 1. The van der Waals surface area contributed by atoms with Gasteiger partial charge in [0.05, 0.1) is 12.7 Å². The van der Waals surface area contributed by atoms with Crippen LogP contribution in [0.3, 0.4) is 0 Å². The molecule has 0 radical (unpaired) electrons. The number of hydrogen-bond donors (Lipinski definition) is 1. The molecule has 17 heavy (non-hydrogen) atoms. The Bertz CT molecular complexity index is 502. The predicted octanol–water partition coefficient (Wildman–Crippen LogP) is 2.31. The van der Waals surface area contributed by atoms with E-state index in [0.29, 0.717) is 5.56 Å². The summed E-state index contributed by atoms with van der Waals surface area (Å²) >= 11 is 0. The van der Waals surface area contributed by atoms with Crippen molar-refractivity contribution in [3.8, 4) is 5.75 Å². The number of halogens is 1. The number of aliphatic hydroxyl groups is 1. The zero-order valence-electron chi connectivity index (χ0n) is 9.30. The second-order valence-electron chi connectivity index (χ2n) is 3.53. The lowest BCUT2D eigenvalue weighted by Crippen LogP contribution is -2.06. The molecule has 0 saturated heterocycles. The third kappa shape index (κ3) is 2.26. The van der Waals surface area contributed by atoms with Crippen molar-refractivity contribution >= 4 is 0 Å². The maximum absolute atomic E-state index is 13.6. The Hall–Kier alpha value is -1.94. The lowest BCUT2D eigenvalue weighted by atomic mass is 10.0. The molecule has 2 aromatic rings. The Morgan fingerprint density at radius 2 is 1.94 bits per heavy atom. The van der Waals surface area contributed by atoms with Crippen LogP contribution in [0, 0.1) is 5.95 Å². The Balaban J connectivity index is 2.47. The zero-order chi connectivity index (χ0) is 12.3. The molecule has 0 aliphatic rings. The van der Waals surface area contributed by atoms with Crippen LogP contribution in [-0.2, 0) is 0 Å². The Labute approximate surface area is 98.5 Å². The summed E-state index contributed by atoms with van der Waals surface area (Å²) in [4.78, 5) is 3.53. The van der Waals surface area contributed by atoms with E-state index in [0.717, 1.165) is 0 Å². The Kier molecular flexibility index (Phi) is 3.35. The van der Waals surface area contributed by atoms with Crippen LogP contribution in [0.2, 0.25) is 0 Å². The van der Waals surface area contributed by atoms with Gasteiger partial charge in [0.25, 0.3) is 0 Å². The number of hydrogen-bond acceptors (Lipinski definition) is 3. The fourth-order valence-corrected chi connectivity index (χ4v) is 1.66. The summed E-state index contributed by atoms with van der Waals surface area (Å²) in [6.07, 6.45) is 0.218. The molecular weight excluding hydrogens is 221 g/mol. The van der Waals surface area contributed by atoms with Crippen molar-refractivity contribution in [3.05, 3.63) is 59.7 Å². The normalized spacial score (nSPS) is 12.2. The fraction of sp³-hybridized carbons (Fsp3) is 0.154. The van der Waals surface area contributed by atoms with Gasteiger partial charge in [0, 0.05) is 6.20 Å². The highest BCUT2D eigenvalue weighted by atomic mass is 19.1. The van der Waals surface area contributed by atoms with E-state index in [2.05, 4.69) is 4.98 Å². The summed E-state index contributed by atoms with van der Waals surface area (Å²) in [7, 11) is 1.43. The molecule has 1 heterocycles. The van der Waals surface area contributed by atoms with E-state index in [1.807, 2.05) is 6.07 Å². The molecule has 88 valence electrons. The van der Waals surface area contributed by atoms with Crippen molar-refractivity contribution in [2.75, 3.05) is 7.11 Å². The van der Waals surface area contributed by atoms with E-state index < -0.39 is 12.1 Å². The minimum Gasteiger partial charge on any atom is -0.496 e. The van der Waals surface area contributed by atoms with Crippen LogP contribution in [0.15, 0.2) is 42.6 Å². The lowest BCUT2D eigenvalue weighted by Gasteiger charge is -2.15. The minimum atomic E-state index is -1.08.